The topological polar surface area (TPSA) is 88.7 Å². The SMILES string of the molecule is CCNC(=O)COc1ccc(CNC(=O)C2CSCN2)cc1OC. The fourth-order valence-corrected chi connectivity index (χ4v) is 3.15. The van der Waals surface area contributed by atoms with Crippen molar-refractivity contribution in [3.63, 3.8) is 0 Å². The summed E-state index contributed by atoms with van der Waals surface area (Å²) >= 11 is 1.71. The van der Waals surface area contributed by atoms with Crippen molar-refractivity contribution in [2.24, 2.45) is 0 Å². The normalized spacial score (nSPS) is 16.5. The van der Waals surface area contributed by atoms with Crippen molar-refractivity contribution >= 4 is 23.6 Å². The van der Waals surface area contributed by atoms with E-state index in [0.29, 0.717) is 24.6 Å². The highest BCUT2D eigenvalue weighted by Crippen LogP contribution is 2.28. The third kappa shape index (κ3) is 5.31. The zero-order valence-corrected chi connectivity index (χ0v) is 14.7. The van der Waals surface area contributed by atoms with E-state index in [-0.39, 0.29) is 24.5 Å². The maximum atomic E-state index is 12.0. The molecule has 0 saturated carbocycles. The molecule has 24 heavy (non-hydrogen) atoms. The van der Waals surface area contributed by atoms with E-state index in [2.05, 4.69) is 16.0 Å². The van der Waals surface area contributed by atoms with Crippen molar-refractivity contribution in [3.8, 4) is 11.5 Å². The molecular formula is C16H23N3O4S. The van der Waals surface area contributed by atoms with E-state index in [1.165, 1.54) is 7.11 Å². The minimum Gasteiger partial charge on any atom is -0.493 e. The van der Waals surface area contributed by atoms with Crippen molar-refractivity contribution in [2.75, 3.05) is 31.9 Å². The quantitative estimate of drug-likeness (QED) is 0.630. The second-order valence-corrected chi connectivity index (χ2v) is 6.25. The van der Waals surface area contributed by atoms with Crippen molar-refractivity contribution in [3.05, 3.63) is 23.8 Å². The molecule has 1 aromatic rings. The molecule has 1 aliphatic rings. The monoisotopic (exact) mass is 353 g/mol. The van der Waals surface area contributed by atoms with Gasteiger partial charge in [-0.25, -0.2) is 0 Å². The molecule has 1 fully saturated rings. The van der Waals surface area contributed by atoms with Gasteiger partial charge in [-0.1, -0.05) is 6.07 Å². The van der Waals surface area contributed by atoms with Crippen LogP contribution in [0.2, 0.25) is 0 Å². The molecule has 0 spiro atoms. The lowest BCUT2D eigenvalue weighted by Crippen LogP contribution is -2.41. The molecule has 1 atom stereocenters. The number of carbonyl (C=O) groups excluding carboxylic acids is 2. The lowest BCUT2D eigenvalue weighted by Gasteiger charge is -2.13. The number of thioether (sulfide) groups is 1. The third-order valence-electron chi connectivity index (χ3n) is 3.46. The smallest absolute Gasteiger partial charge is 0.257 e. The summed E-state index contributed by atoms with van der Waals surface area (Å²) in [6, 6.07) is 5.25. The first kappa shape index (κ1) is 18.4. The number of hydrogen-bond acceptors (Lipinski definition) is 6. The van der Waals surface area contributed by atoms with E-state index < -0.39 is 0 Å². The summed E-state index contributed by atoms with van der Waals surface area (Å²) in [6.45, 7) is 2.76. The van der Waals surface area contributed by atoms with E-state index in [1.807, 2.05) is 13.0 Å². The maximum absolute atomic E-state index is 12.0. The van der Waals surface area contributed by atoms with Gasteiger partial charge in [-0.05, 0) is 24.6 Å². The van der Waals surface area contributed by atoms with Gasteiger partial charge in [0.15, 0.2) is 18.1 Å². The number of benzene rings is 1. The van der Waals surface area contributed by atoms with Crippen molar-refractivity contribution in [2.45, 2.75) is 19.5 Å². The first-order chi connectivity index (χ1) is 11.6. The van der Waals surface area contributed by atoms with Crippen LogP contribution in [0.25, 0.3) is 0 Å². The van der Waals surface area contributed by atoms with Crippen molar-refractivity contribution in [1.82, 2.24) is 16.0 Å². The molecule has 1 heterocycles. The predicted octanol–water partition coefficient (Wildman–Crippen LogP) is 0.489. The van der Waals surface area contributed by atoms with E-state index in [9.17, 15) is 9.59 Å². The van der Waals surface area contributed by atoms with E-state index >= 15 is 0 Å². The summed E-state index contributed by atoms with van der Waals surface area (Å²) < 4.78 is 10.8. The standard InChI is InChI=1S/C16H23N3O4S/c1-3-17-15(20)8-23-13-5-4-11(6-14(13)22-2)7-18-16(21)12-9-24-10-19-12/h4-6,12,19H,3,7-10H2,1-2H3,(H,17,20)(H,18,21). The first-order valence-corrected chi connectivity index (χ1v) is 8.94. The van der Waals surface area contributed by atoms with Gasteiger partial charge in [-0.2, -0.15) is 0 Å². The Balaban J connectivity index is 1.90. The van der Waals surface area contributed by atoms with Gasteiger partial charge in [0, 0.05) is 24.7 Å². The summed E-state index contributed by atoms with van der Waals surface area (Å²) in [5.74, 6) is 2.44. The predicted molar refractivity (Wildman–Crippen MR) is 93.3 cm³/mol. The van der Waals surface area contributed by atoms with Crippen LogP contribution in [-0.4, -0.2) is 49.7 Å². The minimum absolute atomic E-state index is 0.00414. The minimum atomic E-state index is -0.183. The molecule has 0 aliphatic carbocycles. The molecule has 7 nitrogen and oxygen atoms in total. The molecule has 0 aromatic heterocycles. The molecule has 132 valence electrons. The van der Waals surface area contributed by atoms with Gasteiger partial charge >= 0.3 is 0 Å². The van der Waals surface area contributed by atoms with Crippen LogP contribution in [-0.2, 0) is 16.1 Å². The van der Waals surface area contributed by atoms with Crippen LogP contribution in [0.5, 0.6) is 11.5 Å². The Morgan fingerprint density at radius 3 is 2.83 bits per heavy atom. The molecule has 1 aromatic carbocycles. The molecule has 1 saturated heterocycles. The van der Waals surface area contributed by atoms with Gasteiger partial charge < -0.3 is 20.1 Å². The zero-order chi connectivity index (χ0) is 17.4. The first-order valence-electron chi connectivity index (χ1n) is 7.79. The van der Waals surface area contributed by atoms with Crippen molar-refractivity contribution < 1.29 is 19.1 Å². The highest BCUT2D eigenvalue weighted by molar-refractivity contribution is 7.99. The Morgan fingerprint density at radius 1 is 1.33 bits per heavy atom. The summed E-state index contributed by atoms with van der Waals surface area (Å²) in [4.78, 5) is 23.4. The Hall–Kier alpha value is -1.93. The van der Waals surface area contributed by atoms with Crippen LogP contribution in [0.3, 0.4) is 0 Å². The van der Waals surface area contributed by atoms with Gasteiger partial charge in [0.2, 0.25) is 5.91 Å². The average Bonchev–Trinajstić information content (AvgIpc) is 3.13. The van der Waals surface area contributed by atoms with Gasteiger partial charge in [0.1, 0.15) is 0 Å². The van der Waals surface area contributed by atoms with Crippen LogP contribution in [0, 0.1) is 0 Å². The summed E-state index contributed by atoms with van der Waals surface area (Å²) in [6.07, 6.45) is 0. The van der Waals surface area contributed by atoms with Gasteiger partial charge in [0.05, 0.1) is 13.2 Å². The number of rotatable bonds is 8. The largest absolute Gasteiger partial charge is 0.493 e. The van der Waals surface area contributed by atoms with Gasteiger partial charge in [0.25, 0.3) is 5.91 Å². The van der Waals surface area contributed by atoms with Crippen molar-refractivity contribution in [1.29, 1.82) is 0 Å². The molecule has 2 amide bonds. The molecule has 2 rings (SSSR count). The summed E-state index contributed by atoms with van der Waals surface area (Å²) in [5, 5.41) is 8.70. The van der Waals surface area contributed by atoms with E-state index in [1.54, 1.807) is 23.9 Å². The van der Waals surface area contributed by atoms with Crippen LogP contribution < -0.4 is 25.4 Å². The Labute approximate surface area is 145 Å². The van der Waals surface area contributed by atoms with Crippen LogP contribution in [0.1, 0.15) is 12.5 Å². The molecule has 8 heteroatoms. The average molecular weight is 353 g/mol. The molecule has 3 N–H and O–H groups in total. The highest BCUT2D eigenvalue weighted by atomic mass is 32.2. The highest BCUT2D eigenvalue weighted by Gasteiger charge is 2.22. The fraction of sp³-hybridized carbons (Fsp3) is 0.500. The Kier molecular flexibility index (Phi) is 7.20. The van der Waals surface area contributed by atoms with Crippen LogP contribution in [0.15, 0.2) is 18.2 Å². The molecule has 0 radical (unpaired) electrons. The lowest BCUT2D eigenvalue weighted by atomic mass is 10.2. The Bertz CT molecular complexity index is 576. The second-order valence-electron chi connectivity index (χ2n) is 5.22. The van der Waals surface area contributed by atoms with Crippen LogP contribution in [0.4, 0.5) is 0 Å². The molecule has 1 aliphatic heterocycles. The van der Waals surface area contributed by atoms with E-state index in [0.717, 1.165) is 17.2 Å². The molecular weight excluding hydrogens is 330 g/mol. The zero-order valence-electron chi connectivity index (χ0n) is 13.9. The number of amides is 2. The van der Waals surface area contributed by atoms with Gasteiger partial charge in [-0.3, -0.25) is 14.9 Å². The number of carbonyl (C=O) groups is 2. The van der Waals surface area contributed by atoms with Gasteiger partial charge in [-0.15, -0.1) is 11.8 Å². The molecule has 0 bridgehead atoms. The number of nitrogens with one attached hydrogen (secondary N) is 3. The number of likely N-dealkylation sites (N-methyl/N-ethyl adjacent to an activating group) is 1. The third-order valence-corrected chi connectivity index (χ3v) is 4.40. The van der Waals surface area contributed by atoms with Crippen LogP contribution >= 0.6 is 11.8 Å². The maximum Gasteiger partial charge on any atom is 0.257 e. The summed E-state index contributed by atoms with van der Waals surface area (Å²) in [5.41, 5.74) is 0.899. The summed E-state index contributed by atoms with van der Waals surface area (Å²) in [7, 11) is 1.54. The number of ether oxygens (including phenoxy) is 2. The molecule has 1 unspecified atom stereocenters. The lowest BCUT2D eigenvalue weighted by molar-refractivity contribution is -0.123. The van der Waals surface area contributed by atoms with E-state index in [4.69, 9.17) is 9.47 Å². The Morgan fingerprint density at radius 2 is 2.17 bits per heavy atom. The number of methoxy groups -OCH3 is 1. The number of hydrogen-bond donors (Lipinski definition) is 3. The second kappa shape index (κ2) is 9.39. The fourth-order valence-electron chi connectivity index (χ4n) is 2.21.